The maximum Gasteiger partial charge on any atom is 0.469 e. The molecule has 0 unspecified atom stereocenters. The zero-order chi connectivity index (χ0) is 31.0. The van der Waals surface area contributed by atoms with Gasteiger partial charge in [0.15, 0.2) is 25.0 Å². The predicted octanol–water partition coefficient (Wildman–Crippen LogP) is 8.57. The first-order chi connectivity index (χ1) is 17.2. The minimum absolute atomic E-state index is 0.00303. The number of rotatable bonds is 17. The van der Waals surface area contributed by atoms with E-state index in [2.05, 4.69) is 6.58 Å². The summed E-state index contributed by atoms with van der Waals surface area (Å²) in [5.74, 6) is -0.760. The van der Waals surface area contributed by atoms with E-state index >= 15 is 0 Å². The smallest absolute Gasteiger partial charge is 0.463 e. The molecule has 0 atom stereocenters. The average Bonchev–Trinajstić information content (AvgIpc) is 2.70. The Balaban J connectivity index is 6.39. The SMILES string of the molecule is C=CC(=O)OCCC[Si](O[Si](C)(C)CCC(F)(F)F)(O[Si](C)(C)CCC(F)(F)F)O[Si](C)(C)CCC(F)(F)F. The van der Waals surface area contributed by atoms with Crippen LogP contribution in [0.15, 0.2) is 12.7 Å². The van der Waals surface area contributed by atoms with Crippen molar-refractivity contribution in [3.63, 3.8) is 0 Å². The molecule has 0 bridgehead atoms. The van der Waals surface area contributed by atoms with Crippen LogP contribution in [-0.4, -0.2) is 64.9 Å². The first-order valence-electron chi connectivity index (χ1n) is 12.3. The Hall–Kier alpha value is -0.672. The van der Waals surface area contributed by atoms with E-state index in [1.165, 1.54) is 39.3 Å². The molecule has 0 rings (SSSR count). The highest BCUT2D eigenvalue weighted by Gasteiger charge is 2.53. The Morgan fingerprint density at radius 2 is 0.949 bits per heavy atom. The van der Waals surface area contributed by atoms with E-state index in [0.29, 0.717) is 0 Å². The van der Waals surface area contributed by atoms with Crippen molar-refractivity contribution in [2.45, 2.75) is 108 Å². The second-order valence-electron chi connectivity index (χ2n) is 11.1. The van der Waals surface area contributed by atoms with Gasteiger partial charge in [0.2, 0.25) is 0 Å². The fourth-order valence-electron chi connectivity index (χ4n) is 3.48. The molecule has 0 radical (unpaired) electrons. The molecule has 0 N–H and O–H groups in total. The van der Waals surface area contributed by atoms with Gasteiger partial charge in [-0.1, -0.05) is 6.58 Å². The Bertz CT molecular complexity index is 706. The number of hydrogen-bond acceptors (Lipinski definition) is 5. The Kier molecular flexibility index (Phi) is 14.2. The predicted molar refractivity (Wildman–Crippen MR) is 138 cm³/mol. The van der Waals surface area contributed by atoms with Crippen LogP contribution in [-0.2, 0) is 21.9 Å². The van der Waals surface area contributed by atoms with Crippen LogP contribution in [0.5, 0.6) is 0 Å². The van der Waals surface area contributed by atoms with E-state index in [1.54, 1.807) is 0 Å². The molecule has 0 aliphatic rings. The number of hydrogen-bond donors (Lipinski definition) is 0. The van der Waals surface area contributed by atoms with Gasteiger partial charge >= 0.3 is 33.3 Å². The summed E-state index contributed by atoms with van der Waals surface area (Å²) >= 11 is 0. The van der Waals surface area contributed by atoms with Crippen LogP contribution in [0.25, 0.3) is 0 Å². The Morgan fingerprint density at radius 3 is 1.21 bits per heavy atom. The molecular formula is C21H39F9O5Si4. The van der Waals surface area contributed by atoms with Crippen LogP contribution < -0.4 is 0 Å². The lowest BCUT2D eigenvalue weighted by Crippen LogP contribution is -2.62. The molecule has 0 heterocycles. The molecule has 18 heteroatoms. The zero-order valence-electron chi connectivity index (χ0n) is 23.1. The highest BCUT2D eigenvalue weighted by molar-refractivity contribution is 6.90. The van der Waals surface area contributed by atoms with Gasteiger partial charge in [-0.3, -0.25) is 0 Å². The fourth-order valence-corrected chi connectivity index (χ4v) is 20.9. The highest BCUT2D eigenvalue weighted by Crippen LogP contribution is 2.37. The van der Waals surface area contributed by atoms with Crippen molar-refractivity contribution in [3.8, 4) is 0 Å². The average molecular weight is 655 g/mol. The summed E-state index contributed by atoms with van der Waals surface area (Å²) in [5, 5.41) is 0. The molecule has 0 saturated heterocycles. The van der Waals surface area contributed by atoms with Gasteiger partial charge < -0.3 is 17.1 Å². The van der Waals surface area contributed by atoms with Crippen molar-refractivity contribution in [1.82, 2.24) is 0 Å². The summed E-state index contributed by atoms with van der Waals surface area (Å²) in [6.07, 6.45) is -16.1. The zero-order valence-corrected chi connectivity index (χ0v) is 27.1. The molecular weight excluding hydrogens is 616 g/mol. The molecule has 232 valence electrons. The van der Waals surface area contributed by atoms with Gasteiger partial charge in [0.1, 0.15) is 0 Å². The van der Waals surface area contributed by atoms with Crippen molar-refractivity contribution in [2.24, 2.45) is 0 Å². The Morgan fingerprint density at radius 1 is 0.641 bits per heavy atom. The van der Waals surface area contributed by atoms with Gasteiger partial charge in [-0.05, 0) is 63.8 Å². The number of esters is 1. The molecule has 0 spiro atoms. The molecule has 39 heavy (non-hydrogen) atoms. The molecule has 0 aliphatic carbocycles. The van der Waals surface area contributed by atoms with Crippen molar-refractivity contribution in [2.75, 3.05) is 6.61 Å². The van der Waals surface area contributed by atoms with Gasteiger partial charge in [-0.25, -0.2) is 4.79 Å². The second kappa shape index (κ2) is 14.5. The first-order valence-corrected chi connectivity index (χ1v) is 23.6. The van der Waals surface area contributed by atoms with Gasteiger partial charge in [0.05, 0.1) is 6.61 Å². The molecule has 0 aromatic carbocycles. The molecule has 5 nitrogen and oxygen atoms in total. The number of carbonyl (C=O) groups is 1. The largest absolute Gasteiger partial charge is 0.469 e. The molecule has 0 saturated carbocycles. The lowest BCUT2D eigenvalue weighted by Gasteiger charge is -2.45. The van der Waals surface area contributed by atoms with Gasteiger partial charge in [-0.15, -0.1) is 0 Å². The van der Waals surface area contributed by atoms with Crippen LogP contribution in [0.3, 0.4) is 0 Å². The van der Waals surface area contributed by atoms with Gasteiger partial charge in [-0.2, -0.15) is 39.5 Å². The lowest BCUT2D eigenvalue weighted by molar-refractivity contribution is -0.138. The van der Waals surface area contributed by atoms with Gasteiger partial charge in [0, 0.05) is 31.4 Å². The summed E-state index contributed by atoms with van der Waals surface area (Å²) in [6.45, 7) is 11.9. The van der Waals surface area contributed by atoms with Crippen LogP contribution in [0.2, 0.25) is 63.5 Å². The van der Waals surface area contributed by atoms with E-state index in [4.69, 9.17) is 17.1 Å². The minimum Gasteiger partial charge on any atom is -0.463 e. The maximum atomic E-state index is 13.0. The standard InChI is InChI=1S/C21H39F9O5Si4/c1-8-18(31)32-13-9-14-39(33-36(2,3)15-10-19(22,23)24,34-37(4,5)16-11-20(25,26)27)35-38(6,7)17-12-21(28,29)30/h8H,1,9-17H2,2-7H3. The summed E-state index contributed by atoms with van der Waals surface area (Å²) < 4.78 is 141. The summed E-state index contributed by atoms with van der Waals surface area (Å²) in [7, 11) is -14.1. The number of ether oxygens (including phenoxy) is 1. The van der Waals surface area contributed by atoms with Crippen LogP contribution >= 0.6 is 0 Å². The number of carbonyl (C=O) groups excluding carboxylic acids is 1. The fraction of sp³-hybridized carbons (Fsp3) is 0.857. The molecule has 0 aromatic rings. The third-order valence-electron chi connectivity index (χ3n) is 5.37. The maximum absolute atomic E-state index is 13.0. The monoisotopic (exact) mass is 654 g/mol. The summed E-state index contributed by atoms with van der Waals surface area (Å²) in [6, 6.07) is -1.42. The van der Waals surface area contributed by atoms with Crippen LogP contribution in [0.4, 0.5) is 39.5 Å². The first kappa shape index (κ1) is 38.3. The normalized spacial score (nSPS) is 14.4. The van der Waals surface area contributed by atoms with Crippen molar-refractivity contribution in [3.05, 3.63) is 12.7 Å². The highest BCUT2D eigenvalue weighted by atomic mass is 28.5. The van der Waals surface area contributed by atoms with Crippen LogP contribution in [0, 0.1) is 0 Å². The van der Waals surface area contributed by atoms with Crippen molar-refractivity contribution >= 4 is 39.7 Å². The third kappa shape index (κ3) is 19.9. The van der Waals surface area contributed by atoms with E-state index in [1.807, 2.05) is 0 Å². The van der Waals surface area contributed by atoms with Gasteiger partial charge in [0.25, 0.3) is 0 Å². The van der Waals surface area contributed by atoms with E-state index in [0.717, 1.165) is 6.08 Å². The van der Waals surface area contributed by atoms with Crippen molar-refractivity contribution in [1.29, 1.82) is 0 Å². The lowest BCUT2D eigenvalue weighted by atomic mass is 10.5. The number of alkyl halides is 9. The molecule has 0 aliphatic heterocycles. The summed E-state index contributed by atoms with van der Waals surface area (Å²) in [4.78, 5) is 11.4. The van der Waals surface area contributed by atoms with Crippen LogP contribution in [0.1, 0.15) is 25.7 Å². The number of halogens is 9. The summed E-state index contributed by atoms with van der Waals surface area (Å²) in [5.41, 5.74) is 0. The topological polar surface area (TPSA) is 54.0 Å². The molecule has 0 amide bonds. The van der Waals surface area contributed by atoms with Crippen molar-refractivity contribution < 1.29 is 61.4 Å². The quantitative estimate of drug-likeness (QED) is 0.0517. The van der Waals surface area contributed by atoms with E-state index in [-0.39, 0.29) is 19.1 Å². The van der Waals surface area contributed by atoms with E-state index in [9.17, 15) is 44.3 Å². The van der Waals surface area contributed by atoms with E-state index < -0.39 is 95.6 Å². The molecule has 0 fully saturated rings. The second-order valence-corrected chi connectivity index (χ2v) is 27.5. The molecule has 0 aromatic heterocycles. The minimum atomic E-state index is -4.50. The Labute approximate surface area is 228 Å². The third-order valence-corrected chi connectivity index (χ3v) is 21.1.